The van der Waals surface area contributed by atoms with E-state index in [9.17, 15) is 9.18 Å². The largest absolute Gasteiger partial charge is 0.371 e. The number of amides is 1. The van der Waals surface area contributed by atoms with Crippen LogP contribution in [0.25, 0.3) is 22.6 Å². The van der Waals surface area contributed by atoms with Gasteiger partial charge in [-0.25, -0.2) is 9.07 Å². The molecule has 0 radical (unpaired) electrons. The van der Waals surface area contributed by atoms with Crippen LogP contribution in [0.1, 0.15) is 28.8 Å². The minimum absolute atomic E-state index is 0.336. The van der Waals surface area contributed by atoms with E-state index in [0.29, 0.717) is 28.3 Å². The summed E-state index contributed by atoms with van der Waals surface area (Å²) in [6, 6.07) is 7.41. The number of aryl methyl sites for hydroxylation is 1. The van der Waals surface area contributed by atoms with Crippen LogP contribution >= 0.6 is 0 Å². The van der Waals surface area contributed by atoms with Gasteiger partial charge in [0.25, 0.3) is 5.91 Å². The number of hydrogen-bond acceptors (Lipinski definition) is 4. The summed E-state index contributed by atoms with van der Waals surface area (Å²) in [4.78, 5) is 15.5. The molecule has 0 spiro atoms. The Morgan fingerprint density at radius 2 is 2.00 bits per heavy atom. The predicted octanol–water partition coefficient (Wildman–Crippen LogP) is 4.28. The second-order valence-corrected chi connectivity index (χ2v) is 8.58. The minimum Gasteiger partial charge on any atom is -0.371 e. The average molecular weight is 447 g/mol. The van der Waals surface area contributed by atoms with Gasteiger partial charge < -0.3 is 19.9 Å². The van der Waals surface area contributed by atoms with E-state index in [0.717, 1.165) is 42.6 Å². The lowest BCUT2D eigenvalue weighted by molar-refractivity contribution is 0.102. The van der Waals surface area contributed by atoms with Gasteiger partial charge in [0.2, 0.25) is 0 Å². The highest BCUT2D eigenvalue weighted by Gasteiger charge is 2.23. The van der Waals surface area contributed by atoms with E-state index >= 15 is 0 Å². The summed E-state index contributed by atoms with van der Waals surface area (Å²) >= 11 is 0. The maximum Gasteiger partial charge on any atom is 0.257 e. The van der Waals surface area contributed by atoms with E-state index in [1.807, 2.05) is 32.4 Å². The number of aromatic nitrogens is 3. The lowest BCUT2D eigenvalue weighted by Gasteiger charge is -2.33. The molecule has 1 fully saturated rings. The third-order valence-electron chi connectivity index (χ3n) is 6.39. The van der Waals surface area contributed by atoms with Gasteiger partial charge in [-0.3, -0.25) is 4.79 Å². The van der Waals surface area contributed by atoms with E-state index in [4.69, 9.17) is 0 Å². The van der Waals surface area contributed by atoms with E-state index in [2.05, 4.69) is 27.2 Å². The van der Waals surface area contributed by atoms with Gasteiger partial charge in [-0.05, 0) is 50.6 Å². The van der Waals surface area contributed by atoms with E-state index < -0.39 is 0 Å². The first-order valence-electron chi connectivity index (χ1n) is 11.1. The fourth-order valence-corrected chi connectivity index (χ4v) is 4.65. The van der Waals surface area contributed by atoms with E-state index in [1.165, 1.54) is 6.07 Å². The Hall–Kier alpha value is -3.65. The summed E-state index contributed by atoms with van der Waals surface area (Å²) in [6.07, 6.45) is 9.15. The van der Waals surface area contributed by atoms with Crippen molar-refractivity contribution in [3.05, 3.63) is 66.4 Å². The van der Waals surface area contributed by atoms with Gasteiger partial charge in [0, 0.05) is 61.1 Å². The molecule has 4 aromatic rings. The van der Waals surface area contributed by atoms with E-state index in [1.54, 1.807) is 33.6 Å². The zero-order valence-electron chi connectivity index (χ0n) is 18.8. The fourth-order valence-electron chi connectivity index (χ4n) is 4.65. The van der Waals surface area contributed by atoms with Crippen LogP contribution in [0.5, 0.6) is 0 Å². The monoisotopic (exact) mass is 446 g/mol. The van der Waals surface area contributed by atoms with Crippen molar-refractivity contribution in [2.24, 2.45) is 0 Å². The van der Waals surface area contributed by atoms with Gasteiger partial charge in [-0.2, -0.15) is 5.10 Å². The first-order chi connectivity index (χ1) is 16.0. The molecule has 1 saturated heterocycles. The first-order valence-corrected chi connectivity index (χ1v) is 11.1. The van der Waals surface area contributed by atoms with Gasteiger partial charge in [0.1, 0.15) is 11.3 Å². The van der Waals surface area contributed by atoms with Crippen LogP contribution in [-0.4, -0.2) is 46.3 Å². The van der Waals surface area contributed by atoms with Gasteiger partial charge in [0.15, 0.2) is 0 Å². The number of fused-ring (bicyclic) bond motifs is 2. The summed E-state index contributed by atoms with van der Waals surface area (Å²) < 4.78 is 17.8. The summed E-state index contributed by atoms with van der Waals surface area (Å²) in [5.41, 5.74) is 3.89. The molecule has 170 valence electrons. The third kappa shape index (κ3) is 3.87. The van der Waals surface area contributed by atoms with Crippen molar-refractivity contribution in [3.8, 4) is 0 Å². The number of carbonyl (C=O) groups excluding carboxylic acids is 1. The summed E-state index contributed by atoms with van der Waals surface area (Å²) in [5, 5.41) is 11.7. The van der Waals surface area contributed by atoms with Crippen LogP contribution in [0.15, 0.2) is 49.4 Å². The number of pyridine rings is 1. The maximum atomic E-state index is 14.5. The molecule has 0 saturated carbocycles. The molecule has 2 N–H and O–H groups in total. The number of carbonyl (C=O) groups is 1. The van der Waals surface area contributed by atoms with Gasteiger partial charge in [-0.15, -0.1) is 0 Å². The van der Waals surface area contributed by atoms with Crippen LogP contribution < -0.4 is 15.5 Å². The van der Waals surface area contributed by atoms with Crippen LogP contribution in [0.2, 0.25) is 0 Å². The molecule has 7 nitrogen and oxygen atoms in total. The van der Waals surface area contributed by atoms with Gasteiger partial charge in [0.05, 0.1) is 16.8 Å². The Morgan fingerprint density at radius 1 is 1.21 bits per heavy atom. The molecule has 5 rings (SSSR count). The van der Waals surface area contributed by atoms with Crippen LogP contribution in [0.3, 0.4) is 0 Å². The Balaban J connectivity index is 1.49. The Labute approximate surface area is 191 Å². The first kappa shape index (κ1) is 21.2. The highest BCUT2D eigenvalue weighted by Crippen LogP contribution is 2.31. The molecule has 8 heteroatoms. The molecule has 1 aliphatic rings. The lowest BCUT2D eigenvalue weighted by atomic mass is 10.0. The number of nitrogens with zero attached hydrogens (tertiary/aromatic N) is 4. The van der Waals surface area contributed by atoms with Crippen molar-refractivity contribution in [2.45, 2.75) is 25.8 Å². The molecule has 1 aliphatic heterocycles. The third-order valence-corrected chi connectivity index (χ3v) is 6.39. The molecule has 33 heavy (non-hydrogen) atoms. The number of hydrogen-bond donors (Lipinski definition) is 2. The van der Waals surface area contributed by atoms with Crippen molar-refractivity contribution >= 4 is 39.9 Å². The second kappa shape index (κ2) is 8.37. The van der Waals surface area contributed by atoms with Crippen molar-refractivity contribution in [1.82, 2.24) is 19.5 Å². The summed E-state index contributed by atoms with van der Waals surface area (Å²) in [6.45, 7) is 7.57. The van der Waals surface area contributed by atoms with Gasteiger partial charge >= 0.3 is 0 Å². The van der Waals surface area contributed by atoms with Crippen LogP contribution in [0.4, 0.5) is 15.8 Å². The molecular formula is C25H27FN6O. The molecule has 1 amide bonds. The number of anilines is 2. The summed E-state index contributed by atoms with van der Waals surface area (Å²) in [5.74, 6) is -0.723. The van der Waals surface area contributed by atoms with Crippen molar-refractivity contribution in [3.63, 3.8) is 0 Å². The van der Waals surface area contributed by atoms with E-state index in [-0.39, 0.29) is 11.7 Å². The average Bonchev–Trinajstić information content (AvgIpc) is 3.41. The molecule has 4 heterocycles. The number of nitrogens with one attached hydrogen (secondary N) is 2. The second-order valence-electron chi connectivity index (χ2n) is 8.58. The van der Waals surface area contributed by atoms with Gasteiger partial charge in [-0.1, -0.05) is 6.58 Å². The van der Waals surface area contributed by atoms with Crippen molar-refractivity contribution in [1.29, 1.82) is 0 Å². The standard InChI is InChI=1S/C25H27FN6O/c1-4-32-15-20-22(30-9-7-17(27-3)8-10-30)6-5-19(24(20)29-32)25(33)28-18-12-21(26)23-11-16(2)13-31(23)14-18/h4-6,11-15,17,27H,1,7-10H2,2-3H3,(H,28,33). The number of piperidine rings is 1. The zero-order chi connectivity index (χ0) is 23.1. The molecule has 0 bridgehead atoms. The van der Waals surface area contributed by atoms with Crippen LogP contribution in [0, 0.1) is 12.7 Å². The highest BCUT2D eigenvalue weighted by atomic mass is 19.1. The fraction of sp³-hybridized carbons (Fsp3) is 0.280. The Kier molecular flexibility index (Phi) is 5.38. The maximum absolute atomic E-state index is 14.5. The SMILES string of the molecule is C=Cn1cc2c(N3CCC(NC)CC3)ccc(C(=O)Nc3cc(F)c4cc(C)cn4c3)c2n1. The smallest absolute Gasteiger partial charge is 0.257 e. The topological polar surface area (TPSA) is 66.6 Å². The minimum atomic E-state index is -0.387. The Morgan fingerprint density at radius 3 is 2.73 bits per heavy atom. The summed E-state index contributed by atoms with van der Waals surface area (Å²) in [7, 11) is 2.00. The quantitative estimate of drug-likeness (QED) is 0.480. The molecule has 0 unspecified atom stereocenters. The van der Waals surface area contributed by atoms with Crippen LogP contribution in [-0.2, 0) is 0 Å². The Bertz CT molecular complexity index is 1360. The highest BCUT2D eigenvalue weighted by molar-refractivity contribution is 6.14. The number of benzene rings is 1. The molecule has 3 aromatic heterocycles. The van der Waals surface area contributed by atoms with Crippen molar-refractivity contribution < 1.29 is 9.18 Å². The molecule has 0 aliphatic carbocycles. The predicted molar refractivity (Wildman–Crippen MR) is 130 cm³/mol. The lowest BCUT2D eigenvalue weighted by Crippen LogP contribution is -2.41. The number of halogens is 1. The molecule has 0 atom stereocenters. The number of rotatable bonds is 5. The molecular weight excluding hydrogens is 419 g/mol. The molecule has 1 aromatic carbocycles. The normalized spacial score (nSPS) is 14.8. The zero-order valence-corrected chi connectivity index (χ0v) is 18.8. The van der Waals surface area contributed by atoms with Crippen molar-refractivity contribution in [2.75, 3.05) is 30.4 Å².